The molecule has 0 fully saturated rings. The van der Waals surface area contributed by atoms with Gasteiger partial charge in [0.25, 0.3) is 0 Å². The highest BCUT2D eigenvalue weighted by Gasteiger charge is 2.16. The molecule has 0 bridgehead atoms. The van der Waals surface area contributed by atoms with E-state index in [-0.39, 0.29) is 11.8 Å². The van der Waals surface area contributed by atoms with E-state index in [1.165, 1.54) is 6.26 Å². The minimum absolute atomic E-state index is 0.0684. The minimum Gasteiger partial charge on any atom is -0.338 e. The van der Waals surface area contributed by atoms with E-state index >= 15 is 0 Å². The molecule has 92 valence electrons. The molecule has 0 amide bonds. The van der Waals surface area contributed by atoms with Gasteiger partial charge in [-0.25, -0.2) is 13.4 Å². The van der Waals surface area contributed by atoms with Crippen LogP contribution in [0.4, 0.5) is 0 Å². The zero-order chi connectivity index (χ0) is 12.2. The van der Waals surface area contributed by atoms with E-state index in [0.717, 1.165) is 12.4 Å². The third-order valence-corrected chi connectivity index (χ3v) is 3.35. The number of nitrogens with one attached hydrogen (secondary N) is 1. The Labute approximate surface area is 96.8 Å². The van der Waals surface area contributed by atoms with Crippen LogP contribution in [0.2, 0.25) is 0 Å². The molecule has 0 aliphatic heterocycles. The highest BCUT2D eigenvalue weighted by molar-refractivity contribution is 7.90. The Hall–Kier alpha value is -0.880. The standard InChI is InChI=1S/C10H19N3O2S/c1-4-11-9(8-16(3,14)15)7-10-12-5-6-13(10)2/h5-6,9,11H,4,7-8H2,1-3H3. The van der Waals surface area contributed by atoms with Crippen LogP contribution >= 0.6 is 0 Å². The van der Waals surface area contributed by atoms with Gasteiger partial charge in [-0.1, -0.05) is 6.92 Å². The van der Waals surface area contributed by atoms with Crippen LogP contribution in [0.3, 0.4) is 0 Å². The molecule has 1 aromatic rings. The fourth-order valence-corrected chi connectivity index (χ4v) is 2.62. The maximum absolute atomic E-state index is 11.3. The first-order chi connectivity index (χ1) is 7.42. The number of likely N-dealkylation sites (N-methyl/N-ethyl adjacent to an activating group) is 1. The molecule has 1 aromatic heterocycles. The third-order valence-electron chi connectivity index (χ3n) is 2.35. The number of rotatable bonds is 6. The highest BCUT2D eigenvalue weighted by Crippen LogP contribution is 2.02. The zero-order valence-electron chi connectivity index (χ0n) is 9.97. The average Bonchev–Trinajstić information content (AvgIpc) is 2.49. The van der Waals surface area contributed by atoms with Gasteiger partial charge in [0.1, 0.15) is 15.7 Å². The van der Waals surface area contributed by atoms with Gasteiger partial charge in [0.2, 0.25) is 0 Å². The number of nitrogens with zero attached hydrogens (tertiary/aromatic N) is 2. The Morgan fingerprint density at radius 3 is 2.69 bits per heavy atom. The Balaban J connectivity index is 2.68. The van der Waals surface area contributed by atoms with Crippen LogP contribution in [0.25, 0.3) is 0 Å². The first-order valence-corrected chi connectivity index (χ1v) is 7.35. The lowest BCUT2D eigenvalue weighted by Gasteiger charge is -2.16. The molecule has 5 nitrogen and oxygen atoms in total. The van der Waals surface area contributed by atoms with Crippen LogP contribution in [0.15, 0.2) is 12.4 Å². The molecule has 0 aliphatic rings. The van der Waals surface area contributed by atoms with Crippen LogP contribution in [-0.2, 0) is 23.3 Å². The van der Waals surface area contributed by atoms with Gasteiger partial charge in [-0.2, -0.15) is 0 Å². The Morgan fingerprint density at radius 1 is 1.56 bits per heavy atom. The molecule has 0 aromatic carbocycles. The quantitative estimate of drug-likeness (QED) is 0.765. The largest absolute Gasteiger partial charge is 0.338 e. The molecule has 16 heavy (non-hydrogen) atoms. The van der Waals surface area contributed by atoms with Crippen molar-refractivity contribution in [3.05, 3.63) is 18.2 Å². The smallest absolute Gasteiger partial charge is 0.148 e. The fraction of sp³-hybridized carbons (Fsp3) is 0.700. The van der Waals surface area contributed by atoms with Crippen LogP contribution in [0.5, 0.6) is 0 Å². The van der Waals surface area contributed by atoms with Crippen LogP contribution in [-0.4, -0.2) is 42.6 Å². The lowest BCUT2D eigenvalue weighted by atomic mass is 10.2. The van der Waals surface area contributed by atoms with E-state index in [0.29, 0.717) is 6.42 Å². The van der Waals surface area contributed by atoms with Crippen molar-refractivity contribution in [1.82, 2.24) is 14.9 Å². The summed E-state index contributed by atoms with van der Waals surface area (Å²) in [5.41, 5.74) is 0. The van der Waals surface area contributed by atoms with Crippen molar-refractivity contribution in [2.75, 3.05) is 18.6 Å². The summed E-state index contributed by atoms with van der Waals surface area (Å²) in [6.07, 6.45) is 5.47. The van der Waals surface area contributed by atoms with Crippen molar-refractivity contribution >= 4 is 9.84 Å². The average molecular weight is 245 g/mol. The number of aryl methyl sites for hydroxylation is 1. The number of hydrogen-bond acceptors (Lipinski definition) is 4. The Kier molecular flexibility index (Phi) is 4.49. The predicted octanol–water partition coefficient (Wildman–Crippen LogP) is -0.0147. The van der Waals surface area contributed by atoms with Crippen LogP contribution < -0.4 is 5.32 Å². The molecule has 1 atom stereocenters. The van der Waals surface area contributed by atoms with E-state index in [2.05, 4.69) is 10.3 Å². The van der Waals surface area contributed by atoms with Gasteiger partial charge >= 0.3 is 0 Å². The maximum atomic E-state index is 11.3. The molecule has 0 radical (unpaired) electrons. The fourth-order valence-electron chi connectivity index (χ4n) is 1.66. The van der Waals surface area contributed by atoms with Crippen LogP contribution in [0, 0.1) is 0 Å². The molecule has 1 heterocycles. The van der Waals surface area contributed by atoms with Gasteiger partial charge in [0.05, 0.1) is 5.75 Å². The second kappa shape index (κ2) is 5.45. The Morgan fingerprint density at radius 2 is 2.25 bits per heavy atom. The molecule has 0 spiro atoms. The van der Waals surface area contributed by atoms with E-state index in [1.807, 2.05) is 24.7 Å². The second-order valence-electron chi connectivity index (χ2n) is 4.01. The van der Waals surface area contributed by atoms with Gasteiger partial charge in [-0.3, -0.25) is 0 Å². The predicted molar refractivity (Wildman–Crippen MR) is 64.1 cm³/mol. The topological polar surface area (TPSA) is 64.0 Å². The van der Waals surface area contributed by atoms with Crippen molar-refractivity contribution in [3.63, 3.8) is 0 Å². The lowest BCUT2D eigenvalue weighted by Crippen LogP contribution is -2.37. The summed E-state index contributed by atoms with van der Waals surface area (Å²) in [4.78, 5) is 4.20. The molecule has 0 saturated carbocycles. The van der Waals surface area contributed by atoms with Crippen molar-refractivity contribution in [2.45, 2.75) is 19.4 Å². The van der Waals surface area contributed by atoms with Crippen molar-refractivity contribution in [2.24, 2.45) is 7.05 Å². The van der Waals surface area contributed by atoms with Gasteiger partial charge < -0.3 is 9.88 Å². The normalized spacial score (nSPS) is 13.9. The third kappa shape index (κ3) is 4.32. The summed E-state index contributed by atoms with van der Waals surface area (Å²) < 4.78 is 24.4. The SMILES string of the molecule is CCNC(Cc1nccn1C)CS(C)(=O)=O. The van der Waals surface area contributed by atoms with Gasteiger partial charge in [-0.15, -0.1) is 0 Å². The highest BCUT2D eigenvalue weighted by atomic mass is 32.2. The minimum atomic E-state index is -2.96. The van der Waals surface area contributed by atoms with Gasteiger partial charge in [0, 0.05) is 38.2 Å². The molecular formula is C10H19N3O2S. The van der Waals surface area contributed by atoms with E-state index in [9.17, 15) is 8.42 Å². The number of imidazole rings is 1. The summed E-state index contributed by atoms with van der Waals surface area (Å²) >= 11 is 0. The first kappa shape index (κ1) is 13.2. The maximum Gasteiger partial charge on any atom is 0.148 e. The second-order valence-corrected chi connectivity index (χ2v) is 6.19. The Bertz CT molecular complexity index is 425. The van der Waals surface area contributed by atoms with Crippen LogP contribution in [0.1, 0.15) is 12.7 Å². The molecule has 1 unspecified atom stereocenters. The van der Waals surface area contributed by atoms with Crippen molar-refractivity contribution in [1.29, 1.82) is 0 Å². The number of sulfone groups is 1. The summed E-state index contributed by atoms with van der Waals surface area (Å²) in [6.45, 7) is 2.72. The molecule has 0 aliphatic carbocycles. The van der Waals surface area contributed by atoms with Gasteiger partial charge in [-0.05, 0) is 6.54 Å². The summed E-state index contributed by atoms with van der Waals surface area (Å²) in [6, 6.07) is -0.0684. The summed E-state index contributed by atoms with van der Waals surface area (Å²) in [5, 5.41) is 3.17. The number of hydrogen-bond donors (Lipinski definition) is 1. The van der Waals surface area contributed by atoms with Crippen molar-refractivity contribution < 1.29 is 8.42 Å². The van der Waals surface area contributed by atoms with E-state index in [1.54, 1.807) is 6.20 Å². The van der Waals surface area contributed by atoms with Gasteiger partial charge in [0.15, 0.2) is 0 Å². The van der Waals surface area contributed by atoms with E-state index < -0.39 is 9.84 Å². The molecular weight excluding hydrogens is 226 g/mol. The lowest BCUT2D eigenvalue weighted by molar-refractivity contribution is 0.530. The molecule has 6 heteroatoms. The monoisotopic (exact) mass is 245 g/mol. The number of aromatic nitrogens is 2. The molecule has 1 N–H and O–H groups in total. The summed E-state index contributed by atoms with van der Waals surface area (Å²) in [7, 11) is -1.05. The van der Waals surface area contributed by atoms with E-state index in [4.69, 9.17) is 0 Å². The molecule has 0 saturated heterocycles. The zero-order valence-corrected chi connectivity index (χ0v) is 10.8. The first-order valence-electron chi connectivity index (χ1n) is 5.29. The summed E-state index contributed by atoms with van der Waals surface area (Å²) in [5.74, 6) is 1.04. The van der Waals surface area contributed by atoms with Crippen molar-refractivity contribution in [3.8, 4) is 0 Å². The molecule has 1 rings (SSSR count).